The van der Waals surface area contributed by atoms with E-state index in [1.54, 1.807) is 49.9 Å². The minimum absolute atomic E-state index is 0.278. The van der Waals surface area contributed by atoms with Crippen molar-refractivity contribution in [1.29, 1.82) is 0 Å². The summed E-state index contributed by atoms with van der Waals surface area (Å²) in [5, 5.41) is 32.3. The number of aromatic nitrogens is 4. The smallest absolute Gasteiger partial charge is 0.396 e. The fourth-order valence-electron chi connectivity index (χ4n) is 4.97. The van der Waals surface area contributed by atoms with Gasteiger partial charge in [0.15, 0.2) is 5.70 Å². The van der Waals surface area contributed by atoms with Crippen LogP contribution in [0.3, 0.4) is 0 Å². The highest BCUT2D eigenvalue weighted by Gasteiger charge is 2.52. The highest BCUT2D eigenvalue weighted by atomic mass is 19.2. The van der Waals surface area contributed by atoms with Gasteiger partial charge in [-0.1, -0.05) is 19.1 Å². The van der Waals surface area contributed by atoms with E-state index in [2.05, 4.69) is 20.9 Å². The number of rotatable bonds is 12. The minimum Gasteiger partial charge on any atom is -0.396 e. The number of allylic oxidation sites excluding steroid dienone is 2. The Kier molecular flexibility index (Phi) is 8.73. The van der Waals surface area contributed by atoms with Crippen molar-refractivity contribution >= 4 is 30.6 Å². The summed E-state index contributed by atoms with van der Waals surface area (Å²) in [5.74, 6) is -1.17. The van der Waals surface area contributed by atoms with Crippen LogP contribution in [0.2, 0.25) is 0 Å². The van der Waals surface area contributed by atoms with Gasteiger partial charge in [0, 0.05) is 73.7 Å². The second kappa shape index (κ2) is 11.9. The molecule has 0 radical (unpaired) electrons. The molecule has 0 unspecified atom stereocenters. The SMILES string of the molecule is CC1=CC(C)=[N+]2C1=Cc1ccc(CCCn3cc(CCNC(=O)/C=C\NC(=O)[C@@H](O)C(C)(C)CO)nn3)n1[B-]2(F)F. The third-order valence-corrected chi connectivity index (χ3v) is 7.35. The zero-order valence-corrected chi connectivity index (χ0v) is 23.6. The third-order valence-electron chi connectivity index (χ3n) is 7.35. The number of carbonyl (C=O) groups excluding carboxylic acids is 2. The molecule has 0 saturated carbocycles. The van der Waals surface area contributed by atoms with Gasteiger partial charge in [0.05, 0.1) is 12.3 Å². The molecule has 41 heavy (non-hydrogen) atoms. The van der Waals surface area contributed by atoms with E-state index in [1.807, 2.05) is 13.0 Å². The predicted molar refractivity (Wildman–Crippen MR) is 150 cm³/mol. The summed E-state index contributed by atoms with van der Waals surface area (Å²) in [6, 6.07) is 3.49. The van der Waals surface area contributed by atoms with Crippen LogP contribution < -0.4 is 10.6 Å². The molecule has 0 fully saturated rings. The van der Waals surface area contributed by atoms with Crippen molar-refractivity contribution in [3.8, 4) is 0 Å². The number of aliphatic hydroxyl groups excluding tert-OH is 2. The largest absolute Gasteiger partial charge is 0.737 e. The normalized spacial score (nSPS) is 16.8. The lowest BCUT2D eigenvalue weighted by Crippen LogP contribution is -2.50. The number of nitrogens with one attached hydrogen (secondary N) is 2. The maximum absolute atomic E-state index is 15.5. The average Bonchev–Trinajstić information content (AvgIpc) is 3.62. The van der Waals surface area contributed by atoms with Gasteiger partial charge in [0.2, 0.25) is 5.91 Å². The molecule has 0 spiro atoms. The Balaban J connectivity index is 1.22. The van der Waals surface area contributed by atoms with Gasteiger partial charge in [-0.15, -0.1) is 5.10 Å². The van der Waals surface area contributed by atoms with Gasteiger partial charge >= 0.3 is 6.97 Å². The van der Waals surface area contributed by atoms with Gasteiger partial charge in [-0.3, -0.25) is 14.3 Å². The van der Waals surface area contributed by atoms with Crippen LogP contribution in [0.25, 0.3) is 6.08 Å². The van der Waals surface area contributed by atoms with E-state index >= 15 is 8.63 Å². The van der Waals surface area contributed by atoms with Crippen LogP contribution >= 0.6 is 0 Å². The van der Waals surface area contributed by atoms with E-state index in [0.717, 1.165) is 26.8 Å². The summed E-state index contributed by atoms with van der Waals surface area (Å²) in [4.78, 5) is 23.9. The molecule has 4 rings (SSSR count). The quantitative estimate of drug-likeness (QED) is 0.225. The molecule has 4 heterocycles. The summed E-state index contributed by atoms with van der Waals surface area (Å²) >= 11 is 0. The first kappa shape index (κ1) is 30.1. The summed E-state index contributed by atoms with van der Waals surface area (Å²) in [6.45, 7) is 3.05. The summed E-state index contributed by atoms with van der Waals surface area (Å²) in [6.07, 6.45) is 7.62. The highest BCUT2D eigenvalue weighted by molar-refractivity contribution is 6.58. The number of halogens is 2. The zero-order chi connectivity index (χ0) is 29.9. The van der Waals surface area contributed by atoms with Crippen molar-refractivity contribution in [1.82, 2.24) is 30.1 Å². The van der Waals surface area contributed by atoms with E-state index in [-0.39, 0.29) is 13.2 Å². The van der Waals surface area contributed by atoms with Crippen molar-refractivity contribution in [2.75, 3.05) is 13.2 Å². The van der Waals surface area contributed by atoms with E-state index in [9.17, 15) is 19.8 Å². The van der Waals surface area contributed by atoms with E-state index < -0.39 is 30.3 Å². The molecule has 2 amide bonds. The summed E-state index contributed by atoms with van der Waals surface area (Å²) in [5.41, 5.74) is 2.64. The minimum atomic E-state index is -3.98. The van der Waals surface area contributed by atoms with E-state index in [4.69, 9.17) is 0 Å². The fourth-order valence-corrected chi connectivity index (χ4v) is 4.97. The maximum atomic E-state index is 15.5. The van der Waals surface area contributed by atoms with Gasteiger partial charge < -0.3 is 38.4 Å². The standard InChI is InChI=1S/C27H36BF2N7O4/c1-18-14-19(2)36-23(18)15-22-8-7-21(37(22)28(36,29)30)6-5-13-35-16-20(33-34-35)9-11-31-24(39)10-12-32-26(41)25(40)27(3,4)17-38/h7-8,10,12,14-16,25,38,40H,5-6,9,11,13,17H2,1-4H3,(H,31,39)(H,32,41)/b12-10-/t25-/m1/s1. The number of amides is 2. The van der Waals surface area contributed by atoms with Crippen molar-refractivity contribution in [3.05, 3.63) is 65.0 Å². The number of nitrogens with zero attached hydrogens (tertiary/aromatic N) is 5. The molecule has 0 aromatic carbocycles. The average molecular weight is 571 g/mol. The van der Waals surface area contributed by atoms with Crippen molar-refractivity contribution in [2.24, 2.45) is 5.41 Å². The Labute approximate surface area is 237 Å². The van der Waals surface area contributed by atoms with Gasteiger partial charge in [-0.2, -0.15) is 0 Å². The van der Waals surface area contributed by atoms with Crippen molar-refractivity contribution < 1.29 is 32.9 Å². The molecule has 0 saturated heterocycles. The second-order valence-corrected chi connectivity index (χ2v) is 11.1. The third kappa shape index (κ3) is 6.38. The molecule has 2 aromatic heterocycles. The Bertz CT molecular complexity index is 1450. The molecule has 2 aromatic rings. The maximum Gasteiger partial charge on any atom is 0.737 e. The fraction of sp³-hybridized carbons (Fsp3) is 0.444. The molecule has 14 heteroatoms. The van der Waals surface area contributed by atoms with Crippen LogP contribution in [0.5, 0.6) is 0 Å². The van der Waals surface area contributed by atoms with Crippen LogP contribution in [-0.4, -0.2) is 77.9 Å². The Morgan fingerprint density at radius 1 is 1.22 bits per heavy atom. The topological polar surface area (TPSA) is 137 Å². The van der Waals surface area contributed by atoms with Gasteiger partial charge in [-0.25, -0.2) is 0 Å². The Morgan fingerprint density at radius 3 is 2.71 bits per heavy atom. The van der Waals surface area contributed by atoms with Crippen molar-refractivity contribution in [3.63, 3.8) is 0 Å². The van der Waals surface area contributed by atoms with Crippen LogP contribution in [0, 0.1) is 5.41 Å². The zero-order valence-electron chi connectivity index (χ0n) is 23.6. The van der Waals surface area contributed by atoms with Gasteiger partial charge in [0.1, 0.15) is 11.8 Å². The Hall–Kier alpha value is -3.91. The van der Waals surface area contributed by atoms with Crippen LogP contribution in [0.1, 0.15) is 51.2 Å². The highest BCUT2D eigenvalue weighted by Crippen LogP contribution is 2.35. The first-order valence-electron chi connectivity index (χ1n) is 13.5. The number of hydrogen-bond acceptors (Lipinski definition) is 6. The Morgan fingerprint density at radius 2 is 1.98 bits per heavy atom. The molecule has 2 aliphatic rings. The summed E-state index contributed by atoms with van der Waals surface area (Å²) in [7, 11) is 0. The van der Waals surface area contributed by atoms with Gasteiger partial charge in [0.25, 0.3) is 5.91 Å². The number of fused-ring (bicyclic) bond motifs is 2. The molecule has 0 aliphatic carbocycles. The lowest BCUT2D eigenvalue weighted by atomic mass is 9.87. The first-order chi connectivity index (χ1) is 19.3. The number of hydrogen-bond donors (Lipinski definition) is 4. The number of carbonyl (C=O) groups is 2. The molecule has 2 aliphatic heterocycles. The molecule has 220 valence electrons. The number of aliphatic hydroxyl groups is 2. The molecular weight excluding hydrogens is 535 g/mol. The number of aryl methyl sites for hydroxylation is 2. The van der Waals surface area contributed by atoms with E-state index in [1.165, 1.54) is 0 Å². The molecule has 0 bridgehead atoms. The van der Waals surface area contributed by atoms with E-state index in [0.29, 0.717) is 54.3 Å². The molecule has 4 N–H and O–H groups in total. The lowest BCUT2D eigenvalue weighted by Gasteiger charge is -2.31. The molecule has 1 atom stereocenters. The summed E-state index contributed by atoms with van der Waals surface area (Å²) < 4.78 is 35.1. The van der Waals surface area contributed by atoms with Gasteiger partial charge in [-0.05, 0) is 37.6 Å². The first-order valence-corrected chi connectivity index (χ1v) is 13.5. The van der Waals surface area contributed by atoms with Crippen molar-refractivity contribution in [2.45, 2.75) is 59.6 Å². The molecular formula is C27H36BF2N7O4. The predicted octanol–water partition coefficient (Wildman–Crippen LogP) is 1.39. The molecule has 11 nitrogen and oxygen atoms in total. The van der Waals surface area contributed by atoms with Crippen LogP contribution in [0.15, 0.2) is 48.0 Å². The van der Waals surface area contributed by atoms with Crippen LogP contribution in [0.4, 0.5) is 8.63 Å². The lowest BCUT2D eigenvalue weighted by molar-refractivity contribution is -0.362. The second-order valence-electron chi connectivity index (χ2n) is 11.1. The monoisotopic (exact) mass is 571 g/mol. The van der Waals surface area contributed by atoms with Crippen LogP contribution in [-0.2, 0) is 29.0 Å².